The zero-order chi connectivity index (χ0) is 15.3. The summed E-state index contributed by atoms with van der Waals surface area (Å²) in [6.45, 7) is 3.89. The fourth-order valence-corrected chi connectivity index (χ4v) is 4.28. The van der Waals surface area contributed by atoms with Gasteiger partial charge in [0.2, 0.25) is 0 Å². The minimum Gasteiger partial charge on any atom is -0.272 e. The van der Waals surface area contributed by atoms with Gasteiger partial charge in [-0.3, -0.25) is 4.79 Å². The van der Waals surface area contributed by atoms with Gasteiger partial charge >= 0.3 is 0 Å². The maximum atomic E-state index is 13.1. The number of carbonyl (C=O) groups excluding carboxylic acids is 1. The third kappa shape index (κ3) is 1.96. The van der Waals surface area contributed by atoms with Crippen LogP contribution < -0.4 is 0 Å². The Morgan fingerprint density at radius 2 is 1.86 bits per heavy atom. The summed E-state index contributed by atoms with van der Waals surface area (Å²) >= 11 is 0. The lowest BCUT2D eigenvalue weighted by Crippen LogP contribution is -2.31. The number of carbonyl (C=O) groups is 1. The van der Waals surface area contributed by atoms with Crippen molar-refractivity contribution in [3.8, 4) is 0 Å². The molecule has 3 nitrogen and oxygen atoms in total. The molecule has 0 radical (unpaired) electrons. The third-order valence-corrected chi connectivity index (χ3v) is 5.15. The van der Waals surface area contributed by atoms with E-state index in [0.29, 0.717) is 11.8 Å². The number of rotatable bonds is 2. The number of hydrogen-bond donors (Lipinski definition) is 0. The van der Waals surface area contributed by atoms with Crippen LogP contribution in [0.3, 0.4) is 0 Å². The number of fused-ring (bicyclic) bond motifs is 2. The second-order valence-electron chi connectivity index (χ2n) is 6.59. The predicted molar refractivity (Wildman–Crippen MR) is 85.7 cm³/mol. The maximum Gasteiger partial charge on any atom is 0.251 e. The summed E-state index contributed by atoms with van der Waals surface area (Å²) in [4.78, 5) is 13.1. The zero-order valence-corrected chi connectivity index (χ0v) is 12.9. The van der Waals surface area contributed by atoms with Gasteiger partial charge in [-0.1, -0.05) is 42.5 Å². The van der Waals surface area contributed by atoms with E-state index >= 15 is 0 Å². The van der Waals surface area contributed by atoms with Crippen molar-refractivity contribution in [1.29, 1.82) is 0 Å². The maximum absolute atomic E-state index is 13.1. The molecule has 22 heavy (non-hydrogen) atoms. The smallest absolute Gasteiger partial charge is 0.251 e. The molecule has 0 saturated heterocycles. The SMILES string of the molecule is Cc1cc(C)n(C(=O)C2[C@H]3C=C[C@H](C3)[C@H]2c2ccccc2)n1. The Labute approximate surface area is 130 Å². The van der Waals surface area contributed by atoms with Crippen LogP contribution in [-0.4, -0.2) is 15.7 Å². The Balaban J connectivity index is 1.74. The van der Waals surface area contributed by atoms with Crippen molar-refractivity contribution < 1.29 is 4.79 Å². The summed E-state index contributed by atoms with van der Waals surface area (Å²) in [5, 5.41) is 4.41. The van der Waals surface area contributed by atoms with Crippen LogP contribution in [-0.2, 0) is 0 Å². The first-order valence-electron chi connectivity index (χ1n) is 7.96. The van der Waals surface area contributed by atoms with Crippen LogP contribution >= 0.6 is 0 Å². The highest BCUT2D eigenvalue weighted by Gasteiger charge is 2.49. The lowest BCUT2D eigenvalue weighted by Gasteiger charge is -2.27. The molecule has 0 aliphatic heterocycles. The Morgan fingerprint density at radius 3 is 2.55 bits per heavy atom. The quantitative estimate of drug-likeness (QED) is 0.790. The van der Waals surface area contributed by atoms with E-state index in [4.69, 9.17) is 0 Å². The van der Waals surface area contributed by atoms with Crippen LogP contribution in [0.25, 0.3) is 0 Å². The molecular weight excluding hydrogens is 272 g/mol. The fourth-order valence-electron chi connectivity index (χ4n) is 4.28. The van der Waals surface area contributed by atoms with E-state index in [9.17, 15) is 4.79 Å². The van der Waals surface area contributed by atoms with Crippen LogP contribution in [0.1, 0.15) is 34.1 Å². The minimum atomic E-state index is 0.00963. The fraction of sp³-hybridized carbons (Fsp3) is 0.368. The zero-order valence-electron chi connectivity index (χ0n) is 12.9. The number of aromatic nitrogens is 2. The highest BCUT2D eigenvalue weighted by molar-refractivity contribution is 5.83. The van der Waals surface area contributed by atoms with Gasteiger partial charge in [0.15, 0.2) is 0 Å². The van der Waals surface area contributed by atoms with Gasteiger partial charge in [-0.25, -0.2) is 4.68 Å². The van der Waals surface area contributed by atoms with Crippen molar-refractivity contribution >= 4 is 5.91 Å². The topological polar surface area (TPSA) is 34.9 Å². The summed E-state index contributed by atoms with van der Waals surface area (Å²) in [7, 11) is 0. The molecule has 1 heterocycles. The van der Waals surface area contributed by atoms with Crippen LogP contribution in [0.2, 0.25) is 0 Å². The summed E-state index contributed by atoms with van der Waals surface area (Å²) < 4.78 is 1.62. The number of hydrogen-bond acceptors (Lipinski definition) is 2. The summed E-state index contributed by atoms with van der Waals surface area (Å²) in [6, 6.07) is 12.4. The molecule has 2 bridgehead atoms. The highest BCUT2D eigenvalue weighted by Crippen LogP contribution is 2.53. The van der Waals surface area contributed by atoms with Gasteiger partial charge in [0.1, 0.15) is 0 Å². The van der Waals surface area contributed by atoms with Crippen molar-refractivity contribution in [2.45, 2.75) is 26.2 Å². The van der Waals surface area contributed by atoms with Gasteiger partial charge in [0.05, 0.1) is 11.6 Å². The minimum absolute atomic E-state index is 0.00963. The molecule has 1 unspecified atom stereocenters. The Kier molecular flexibility index (Phi) is 3.03. The Bertz CT molecular complexity index is 744. The molecule has 112 valence electrons. The van der Waals surface area contributed by atoms with Crippen molar-refractivity contribution in [3.63, 3.8) is 0 Å². The molecule has 2 aromatic rings. The molecule has 0 amide bonds. The first-order chi connectivity index (χ1) is 10.6. The molecule has 1 aromatic heterocycles. The Morgan fingerprint density at radius 1 is 1.14 bits per heavy atom. The van der Waals surface area contributed by atoms with E-state index in [1.54, 1.807) is 4.68 Å². The summed E-state index contributed by atoms with van der Waals surface area (Å²) in [5.74, 6) is 1.28. The first-order valence-corrected chi connectivity index (χ1v) is 7.96. The van der Waals surface area contributed by atoms with E-state index in [2.05, 4.69) is 41.5 Å². The molecule has 3 heteroatoms. The van der Waals surface area contributed by atoms with Crippen LogP contribution in [0.15, 0.2) is 48.6 Å². The lowest BCUT2D eigenvalue weighted by atomic mass is 9.78. The standard InChI is InChI=1S/C19H20N2O/c1-12-10-13(2)21(20-12)19(22)18-16-9-8-15(11-16)17(18)14-6-4-3-5-7-14/h3-10,15-18H,11H2,1-2H3/t15-,16+,17-,18?/m1/s1. The average molecular weight is 292 g/mol. The molecule has 2 aliphatic rings. The molecule has 1 fully saturated rings. The van der Waals surface area contributed by atoms with E-state index in [1.165, 1.54) is 5.56 Å². The van der Waals surface area contributed by atoms with Gasteiger partial charge in [-0.15, -0.1) is 0 Å². The van der Waals surface area contributed by atoms with Crippen LogP contribution in [0.5, 0.6) is 0 Å². The van der Waals surface area contributed by atoms with E-state index in [1.807, 2.05) is 26.0 Å². The molecule has 2 aliphatic carbocycles. The highest BCUT2D eigenvalue weighted by atomic mass is 16.2. The van der Waals surface area contributed by atoms with Gasteiger partial charge in [-0.2, -0.15) is 5.10 Å². The molecule has 4 rings (SSSR count). The van der Waals surface area contributed by atoms with Crippen LogP contribution in [0.4, 0.5) is 0 Å². The second kappa shape index (κ2) is 4.94. The third-order valence-electron chi connectivity index (χ3n) is 5.15. The van der Waals surface area contributed by atoms with Crippen LogP contribution in [0, 0.1) is 31.6 Å². The molecule has 0 N–H and O–H groups in total. The van der Waals surface area contributed by atoms with Crippen molar-refractivity contribution in [2.75, 3.05) is 0 Å². The number of nitrogens with zero attached hydrogens (tertiary/aromatic N) is 2. The molecular formula is C19H20N2O. The van der Waals surface area contributed by atoms with Gasteiger partial charge < -0.3 is 0 Å². The van der Waals surface area contributed by atoms with E-state index < -0.39 is 0 Å². The molecule has 1 aromatic carbocycles. The lowest BCUT2D eigenvalue weighted by molar-refractivity contribution is 0.0778. The molecule has 4 atom stereocenters. The van der Waals surface area contributed by atoms with Gasteiger partial charge in [0.25, 0.3) is 5.91 Å². The molecule has 0 spiro atoms. The van der Waals surface area contributed by atoms with Gasteiger partial charge in [0, 0.05) is 11.6 Å². The van der Waals surface area contributed by atoms with Crippen molar-refractivity contribution in [2.24, 2.45) is 17.8 Å². The Hall–Kier alpha value is -2.16. The predicted octanol–water partition coefficient (Wildman–Crippen LogP) is 3.75. The largest absolute Gasteiger partial charge is 0.272 e. The summed E-state index contributed by atoms with van der Waals surface area (Å²) in [5.41, 5.74) is 3.11. The molecule has 1 saturated carbocycles. The van der Waals surface area contributed by atoms with Crippen molar-refractivity contribution in [1.82, 2.24) is 9.78 Å². The average Bonchev–Trinajstić information content (AvgIpc) is 3.21. The van der Waals surface area contributed by atoms with E-state index in [0.717, 1.165) is 17.8 Å². The second-order valence-corrected chi connectivity index (χ2v) is 6.59. The first kappa shape index (κ1) is 13.5. The van der Waals surface area contributed by atoms with Crippen molar-refractivity contribution in [3.05, 3.63) is 65.5 Å². The number of benzene rings is 1. The van der Waals surface area contributed by atoms with Gasteiger partial charge in [-0.05, 0) is 43.7 Å². The van der Waals surface area contributed by atoms with E-state index in [-0.39, 0.29) is 17.7 Å². The number of aryl methyl sites for hydroxylation is 2. The summed E-state index contributed by atoms with van der Waals surface area (Å²) in [6.07, 6.45) is 5.63. The number of allylic oxidation sites excluding steroid dienone is 2. The monoisotopic (exact) mass is 292 g/mol. The normalized spacial score (nSPS) is 29.2.